The molecule has 0 aliphatic heterocycles. The summed E-state index contributed by atoms with van der Waals surface area (Å²) in [4.78, 5) is 23.7. The summed E-state index contributed by atoms with van der Waals surface area (Å²) in [5.41, 5.74) is 5.11. The van der Waals surface area contributed by atoms with Crippen molar-refractivity contribution in [1.82, 2.24) is 10.9 Å². The summed E-state index contributed by atoms with van der Waals surface area (Å²) < 4.78 is 0.666. The molecular formula is C12H9BrClN3O2S. The Morgan fingerprint density at radius 2 is 2.00 bits per heavy atom. The van der Waals surface area contributed by atoms with Crippen LogP contribution in [0.15, 0.2) is 40.2 Å². The largest absolute Gasteiger partial charge is 0.337 e. The van der Waals surface area contributed by atoms with Gasteiger partial charge in [0.05, 0.1) is 9.90 Å². The third kappa shape index (κ3) is 3.96. The van der Waals surface area contributed by atoms with Gasteiger partial charge >= 0.3 is 6.03 Å². The molecule has 5 nitrogen and oxygen atoms in total. The molecule has 8 heteroatoms. The molecule has 0 unspecified atom stereocenters. The predicted octanol–water partition coefficient (Wildman–Crippen LogP) is 3.63. The summed E-state index contributed by atoms with van der Waals surface area (Å²) in [6, 6.07) is 7.81. The maximum Gasteiger partial charge on any atom is 0.337 e. The lowest BCUT2D eigenvalue weighted by Gasteiger charge is -2.09. The standard InChI is InChI=1S/C12H9BrClN3O2S/c13-8-6-7(3-4-9(8)14)15-12(19)17-16-11(18)10-2-1-5-20-10/h1-6H,(H,16,18)(H2,15,17,19). The van der Waals surface area contributed by atoms with Gasteiger partial charge in [0.2, 0.25) is 0 Å². The van der Waals surface area contributed by atoms with Gasteiger partial charge in [0.25, 0.3) is 5.91 Å². The van der Waals surface area contributed by atoms with E-state index in [1.807, 2.05) is 0 Å². The van der Waals surface area contributed by atoms with E-state index in [1.165, 1.54) is 11.3 Å². The van der Waals surface area contributed by atoms with Crippen molar-refractivity contribution in [1.29, 1.82) is 0 Å². The summed E-state index contributed by atoms with van der Waals surface area (Å²) in [7, 11) is 0. The molecule has 1 heterocycles. The Bertz CT molecular complexity index is 634. The lowest BCUT2D eigenvalue weighted by Crippen LogP contribution is -2.43. The molecular weight excluding hydrogens is 366 g/mol. The Morgan fingerprint density at radius 1 is 1.20 bits per heavy atom. The minimum absolute atomic E-state index is 0.368. The van der Waals surface area contributed by atoms with E-state index in [1.54, 1.807) is 35.7 Å². The van der Waals surface area contributed by atoms with Crippen LogP contribution in [0.25, 0.3) is 0 Å². The summed E-state index contributed by atoms with van der Waals surface area (Å²) in [5.74, 6) is -0.368. The highest BCUT2D eigenvalue weighted by Gasteiger charge is 2.08. The predicted molar refractivity (Wildman–Crippen MR) is 83.1 cm³/mol. The molecule has 0 fully saturated rings. The van der Waals surface area contributed by atoms with E-state index in [-0.39, 0.29) is 5.91 Å². The van der Waals surface area contributed by atoms with Crippen LogP contribution >= 0.6 is 38.9 Å². The Hall–Kier alpha value is -1.57. The zero-order valence-electron chi connectivity index (χ0n) is 9.94. The first-order valence-electron chi connectivity index (χ1n) is 5.42. The number of carbonyl (C=O) groups is 2. The Labute approximate surface area is 132 Å². The Morgan fingerprint density at radius 3 is 2.65 bits per heavy atom. The van der Waals surface area contributed by atoms with Gasteiger partial charge in [-0.05, 0) is 45.6 Å². The highest BCUT2D eigenvalue weighted by molar-refractivity contribution is 9.10. The monoisotopic (exact) mass is 373 g/mol. The van der Waals surface area contributed by atoms with E-state index < -0.39 is 6.03 Å². The first-order valence-corrected chi connectivity index (χ1v) is 7.47. The number of amides is 3. The summed E-state index contributed by atoms with van der Waals surface area (Å²) in [6.07, 6.45) is 0. The molecule has 1 aromatic carbocycles. The number of anilines is 1. The molecule has 20 heavy (non-hydrogen) atoms. The van der Waals surface area contributed by atoms with Crippen LogP contribution in [0.4, 0.5) is 10.5 Å². The number of urea groups is 1. The van der Waals surface area contributed by atoms with Gasteiger partial charge in [-0.25, -0.2) is 10.2 Å². The number of hydrogen-bond acceptors (Lipinski definition) is 3. The van der Waals surface area contributed by atoms with Gasteiger partial charge in [0.1, 0.15) is 0 Å². The second-order valence-electron chi connectivity index (χ2n) is 3.64. The van der Waals surface area contributed by atoms with Gasteiger partial charge in [-0.15, -0.1) is 11.3 Å². The normalized spacial score (nSPS) is 9.90. The lowest BCUT2D eigenvalue weighted by molar-refractivity contribution is 0.0942. The lowest BCUT2D eigenvalue weighted by atomic mass is 10.3. The number of nitrogens with one attached hydrogen (secondary N) is 3. The molecule has 0 aliphatic carbocycles. The van der Waals surface area contributed by atoms with E-state index >= 15 is 0 Å². The number of hydrazine groups is 1. The fraction of sp³-hybridized carbons (Fsp3) is 0. The van der Waals surface area contributed by atoms with Crippen molar-refractivity contribution < 1.29 is 9.59 Å². The van der Waals surface area contributed by atoms with E-state index in [2.05, 4.69) is 32.1 Å². The van der Waals surface area contributed by atoms with Crippen LogP contribution < -0.4 is 16.2 Å². The Balaban J connectivity index is 1.86. The van der Waals surface area contributed by atoms with Crippen molar-refractivity contribution in [2.75, 3.05) is 5.32 Å². The second kappa shape index (κ2) is 6.74. The zero-order chi connectivity index (χ0) is 14.5. The van der Waals surface area contributed by atoms with Crippen LogP contribution in [0, 0.1) is 0 Å². The molecule has 104 valence electrons. The van der Waals surface area contributed by atoms with Gasteiger partial charge in [0.15, 0.2) is 0 Å². The summed E-state index contributed by atoms with van der Waals surface area (Å²) >= 11 is 10.4. The van der Waals surface area contributed by atoms with E-state index in [0.717, 1.165) is 0 Å². The average Bonchev–Trinajstić information content (AvgIpc) is 2.94. The molecule has 0 aliphatic rings. The minimum Gasteiger partial charge on any atom is -0.307 e. The number of benzene rings is 1. The van der Waals surface area contributed by atoms with Crippen LogP contribution in [0.2, 0.25) is 5.02 Å². The van der Waals surface area contributed by atoms with E-state index in [9.17, 15) is 9.59 Å². The van der Waals surface area contributed by atoms with Gasteiger partial charge in [-0.3, -0.25) is 10.2 Å². The molecule has 3 amide bonds. The molecule has 0 bridgehead atoms. The number of carbonyl (C=O) groups excluding carboxylic acids is 2. The molecule has 3 N–H and O–H groups in total. The SMILES string of the molecule is O=C(NNC(=O)c1cccs1)Nc1ccc(Cl)c(Br)c1. The van der Waals surface area contributed by atoms with Crippen molar-refractivity contribution in [3.05, 3.63) is 50.1 Å². The fourth-order valence-corrected chi connectivity index (χ4v) is 2.43. The molecule has 1 aromatic heterocycles. The third-order valence-corrected chi connectivity index (χ3v) is 4.29. The van der Waals surface area contributed by atoms with Crippen LogP contribution in [0.5, 0.6) is 0 Å². The first kappa shape index (κ1) is 14.8. The number of thiophene rings is 1. The van der Waals surface area contributed by atoms with Crippen LogP contribution in [-0.2, 0) is 0 Å². The topological polar surface area (TPSA) is 70.2 Å². The maximum atomic E-state index is 11.6. The van der Waals surface area contributed by atoms with Gasteiger partial charge in [-0.2, -0.15) is 0 Å². The number of hydrogen-bond donors (Lipinski definition) is 3. The molecule has 0 spiro atoms. The van der Waals surface area contributed by atoms with Crippen molar-refractivity contribution >= 4 is 56.5 Å². The Kier molecular flexibility index (Phi) is 4.99. The van der Waals surface area contributed by atoms with Crippen LogP contribution in [-0.4, -0.2) is 11.9 Å². The smallest absolute Gasteiger partial charge is 0.307 e. The number of halogens is 2. The quantitative estimate of drug-likeness (QED) is 0.703. The molecule has 0 saturated carbocycles. The van der Waals surface area contributed by atoms with Crippen molar-refractivity contribution in [3.8, 4) is 0 Å². The molecule has 2 aromatic rings. The highest BCUT2D eigenvalue weighted by Crippen LogP contribution is 2.25. The van der Waals surface area contributed by atoms with Gasteiger partial charge in [0, 0.05) is 10.2 Å². The zero-order valence-corrected chi connectivity index (χ0v) is 13.1. The average molecular weight is 375 g/mol. The molecule has 0 saturated heterocycles. The number of rotatable bonds is 2. The summed E-state index contributed by atoms with van der Waals surface area (Å²) in [6.45, 7) is 0. The van der Waals surface area contributed by atoms with Crippen molar-refractivity contribution in [2.24, 2.45) is 0 Å². The van der Waals surface area contributed by atoms with Crippen molar-refractivity contribution in [2.45, 2.75) is 0 Å². The van der Waals surface area contributed by atoms with E-state index in [4.69, 9.17) is 11.6 Å². The second-order valence-corrected chi connectivity index (χ2v) is 5.85. The fourth-order valence-electron chi connectivity index (χ4n) is 1.32. The highest BCUT2D eigenvalue weighted by atomic mass is 79.9. The van der Waals surface area contributed by atoms with E-state index in [0.29, 0.717) is 20.1 Å². The van der Waals surface area contributed by atoms with Gasteiger partial charge < -0.3 is 5.32 Å². The summed E-state index contributed by atoms with van der Waals surface area (Å²) in [5, 5.41) is 4.88. The maximum absolute atomic E-state index is 11.6. The third-order valence-electron chi connectivity index (χ3n) is 2.21. The first-order chi connectivity index (χ1) is 9.56. The molecule has 0 radical (unpaired) electrons. The van der Waals surface area contributed by atoms with Crippen LogP contribution in [0.1, 0.15) is 9.67 Å². The van der Waals surface area contributed by atoms with Crippen LogP contribution in [0.3, 0.4) is 0 Å². The molecule has 0 atom stereocenters. The molecule has 2 rings (SSSR count). The minimum atomic E-state index is -0.552. The van der Waals surface area contributed by atoms with Gasteiger partial charge in [-0.1, -0.05) is 17.7 Å². The van der Waals surface area contributed by atoms with Crippen molar-refractivity contribution in [3.63, 3.8) is 0 Å².